The van der Waals surface area contributed by atoms with Gasteiger partial charge in [-0.3, -0.25) is 0 Å². The summed E-state index contributed by atoms with van der Waals surface area (Å²) >= 11 is 1.65. The maximum absolute atomic E-state index is 5.10. The lowest BCUT2D eigenvalue weighted by molar-refractivity contribution is 0.414. The number of azo groups is 1. The highest BCUT2D eigenvalue weighted by atomic mass is 32.2. The number of rotatable bonds is 4. The topological polar surface area (TPSA) is 46.3 Å². The predicted molar refractivity (Wildman–Crippen MR) is 66.0 cm³/mol. The number of methoxy groups -OCH3 is 1. The van der Waals surface area contributed by atoms with Crippen molar-refractivity contribution in [1.29, 1.82) is 0 Å². The monoisotopic (exact) mass is 235 g/mol. The largest absolute Gasteiger partial charge is 0.497 e. The van der Waals surface area contributed by atoms with Crippen LogP contribution in [0.2, 0.25) is 0 Å². The molecule has 0 amide bonds. The van der Waals surface area contributed by atoms with E-state index in [4.69, 9.17) is 4.74 Å². The van der Waals surface area contributed by atoms with Gasteiger partial charge in [0.15, 0.2) is 0 Å². The second kappa shape index (κ2) is 4.65. The maximum Gasteiger partial charge on any atom is 0.216 e. The summed E-state index contributed by atoms with van der Waals surface area (Å²) in [6, 6.07) is 8.01. The average molecular weight is 235 g/mol. The molecule has 1 unspecified atom stereocenters. The highest BCUT2D eigenvalue weighted by molar-refractivity contribution is 7.99. The third kappa shape index (κ3) is 2.61. The summed E-state index contributed by atoms with van der Waals surface area (Å²) in [5, 5.41) is 7.83. The van der Waals surface area contributed by atoms with Crippen LogP contribution >= 0.6 is 11.8 Å². The van der Waals surface area contributed by atoms with Crippen LogP contribution in [0.15, 0.2) is 39.5 Å². The van der Waals surface area contributed by atoms with Crippen molar-refractivity contribution < 1.29 is 4.74 Å². The molecule has 1 aromatic rings. The quantitative estimate of drug-likeness (QED) is 0.805. The molecule has 1 aliphatic heterocycles. The Morgan fingerprint density at radius 2 is 2.06 bits per heavy atom. The molecule has 0 saturated heterocycles. The number of thioether (sulfide) groups is 1. The van der Waals surface area contributed by atoms with Crippen molar-refractivity contribution in [2.75, 3.05) is 7.11 Å². The SMILES string of the molecule is COc1ccc(CSC2(C)N=CN=N2)cc1. The van der Waals surface area contributed by atoms with Crippen LogP contribution < -0.4 is 4.74 Å². The molecule has 0 N–H and O–H groups in total. The van der Waals surface area contributed by atoms with Gasteiger partial charge in [0, 0.05) is 5.75 Å². The van der Waals surface area contributed by atoms with Crippen LogP contribution in [0.3, 0.4) is 0 Å². The first-order valence-electron chi connectivity index (χ1n) is 4.94. The highest BCUT2D eigenvalue weighted by Gasteiger charge is 2.24. The minimum atomic E-state index is -0.445. The summed E-state index contributed by atoms with van der Waals surface area (Å²) in [6.07, 6.45) is 1.50. The first kappa shape index (κ1) is 11.1. The van der Waals surface area contributed by atoms with E-state index in [1.807, 2.05) is 31.2 Å². The van der Waals surface area contributed by atoms with Gasteiger partial charge in [0.05, 0.1) is 7.11 Å². The molecule has 0 aliphatic carbocycles. The Balaban J connectivity index is 1.94. The Bertz CT molecular complexity index is 402. The molecular weight excluding hydrogens is 222 g/mol. The number of hydrogen-bond acceptors (Lipinski definition) is 5. The molecule has 0 bridgehead atoms. The summed E-state index contributed by atoms with van der Waals surface area (Å²) in [7, 11) is 1.67. The zero-order valence-electron chi connectivity index (χ0n) is 9.25. The van der Waals surface area contributed by atoms with Crippen molar-refractivity contribution in [2.45, 2.75) is 17.7 Å². The number of nitrogens with zero attached hydrogens (tertiary/aromatic N) is 3. The van der Waals surface area contributed by atoms with E-state index in [0.717, 1.165) is 11.5 Å². The summed E-state index contributed by atoms with van der Waals surface area (Å²) in [4.78, 5) is 3.75. The van der Waals surface area contributed by atoms with Gasteiger partial charge in [-0.25, -0.2) is 4.99 Å². The molecule has 1 aromatic carbocycles. The second-order valence-corrected chi connectivity index (χ2v) is 4.88. The molecule has 16 heavy (non-hydrogen) atoms. The number of hydrogen-bond donors (Lipinski definition) is 0. The van der Waals surface area contributed by atoms with Gasteiger partial charge in [-0.1, -0.05) is 12.1 Å². The Hall–Kier alpha value is -1.36. The van der Waals surface area contributed by atoms with Crippen molar-refractivity contribution in [3.8, 4) is 5.75 Å². The van der Waals surface area contributed by atoms with E-state index >= 15 is 0 Å². The smallest absolute Gasteiger partial charge is 0.216 e. The fourth-order valence-corrected chi connectivity index (χ4v) is 2.16. The van der Waals surface area contributed by atoms with Crippen LogP contribution in [-0.2, 0) is 5.75 Å². The first-order valence-corrected chi connectivity index (χ1v) is 5.93. The van der Waals surface area contributed by atoms with E-state index in [1.165, 1.54) is 11.9 Å². The minimum Gasteiger partial charge on any atom is -0.497 e. The summed E-state index contributed by atoms with van der Waals surface area (Å²) in [6.45, 7) is 1.95. The first-order chi connectivity index (χ1) is 7.72. The fourth-order valence-electron chi connectivity index (χ4n) is 1.30. The molecular formula is C11H13N3OS. The maximum atomic E-state index is 5.10. The van der Waals surface area contributed by atoms with Gasteiger partial charge < -0.3 is 4.74 Å². The van der Waals surface area contributed by atoms with Crippen molar-refractivity contribution >= 4 is 18.1 Å². The summed E-state index contributed by atoms with van der Waals surface area (Å²) < 4.78 is 5.10. The van der Waals surface area contributed by atoms with Gasteiger partial charge in [0.1, 0.15) is 12.1 Å². The average Bonchev–Trinajstić information content (AvgIpc) is 2.75. The number of benzene rings is 1. The molecule has 84 valence electrons. The third-order valence-corrected chi connectivity index (χ3v) is 3.48. The van der Waals surface area contributed by atoms with Crippen molar-refractivity contribution in [1.82, 2.24) is 0 Å². The molecule has 0 saturated carbocycles. The van der Waals surface area contributed by atoms with Gasteiger partial charge in [0.2, 0.25) is 4.99 Å². The molecule has 5 heteroatoms. The van der Waals surface area contributed by atoms with Crippen LogP contribution in [0.1, 0.15) is 12.5 Å². The van der Waals surface area contributed by atoms with Crippen LogP contribution in [-0.4, -0.2) is 18.4 Å². The van der Waals surface area contributed by atoms with Crippen molar-refractivity contribution in [3.05, 3.63) is 29.8 Å². The molecule has 0 spiro atoms. The van der Waals surface area contributed by atoms with Gasteiger partial charge in [-0.2, -0.15) is 0 Å². The Labute approximate surface area is 98.8 Å². The Morgan fingerprint density at radius 1 is 1.31 bits per heavy atom. The highest BCUT2D eigenvalue weighted by Crippen LogP contribution is 2.33. The van der Waals surface area contributed by atoms with Crippen molar-refractivity contribution in [2.24, 2.45) is 15.2 Å². The molecule has 2 rings (SSSR count). The molecule has 0 radical (unpaired) electrons. The van der Waals surface area contributed by atoms with Gasteiger partial charge in [-0.05, 0) is 24.6 Å². The van der Waals surface area contributed by atoms with E-state index in [2.05, 4.69) is 15.2 Å². The molecule has 4 nitrogen and oxygen atoms in total. The van der Waals surface area contributed by atoms with Crippen LogP contribution in [0.25, 0.3) is 0 Å². The summed E-state index contributed by atoms with van der Waals surface area (Å²) in [5.74, 6) is 1.73. The van der Waals surface area contributed by atoms with E-state index in [9.17, 15) is 0 Å². The molecule has 1 aliphatic rings. The number of ether oxygens (including phenoxy) is 1. The van der Waals surface area contributed by atoms with Crippen LogP contribution in [0, 0.1) is 0 Å². The third-order valence-electron chi connectivity index (χ3n) is 2.26. The van der Waals surface area contributed by atoms with E-state index < -0.39 is 4.99 Å². The lowest BCUT2D eigenvalue weighted by Gasteiger charge is -2.14. The van der Waals surface area contributed by atoms with Crippen LogP contribution in [0.5, 0.6) is 5.75 Å². The van der Waals surface area contributed by atoms with Gasteiger partial charge in [-0.15, -0.1) is 22.0 Å². The molecule has 0 fully saturated rings. The zero-order chi connectivity index (χ0) is 11.4. The Kier molecular flexibility index (Phi) is 3.24. The second-order valence-electron chi connectivity index (χ2n) is 3.53. The van der Waals surface area contributed by atoms with E-state index in [1.54, 1.807) is 18.9 Å². The fraction of sp³-hybridized carbons (Fsp3) is 0.364. The van der Waals surface area contributed by atoms with Crippen LogP contribution in [0.4, 0.5) is 0 Å². The van der Waals surface area contributed by atoms with Crippen molar-refractivity contribution in [3.63, 3.8) is 0 Å². The lowest BCUT2D eigenvalue weighted by atomic mass is 10.2. The predicted octanol–water partition coefficient (Wildman–Crippen LogP) is 3.10. The van der Waals surface area contributed by atoms with Gasteiger partial charge >= 0.3 is 0 Å². The summed E-state index contributed by atoms with van der Waals surface area (Å²) in [5.41, 5.74) is 1.23. The zero-order valence-corrected chi connectivity index (χ0v) is 10.1. The van der Waals surface area contributed by atoms with Gasteiger partial charge in [0.25, 0.3) is 0 Å². The molecule has 1 atom stereocenters. The normalized spacial score (nSPS) is 22.6. The number of aliphatic imine (C=N–C) groups is 1. The minimum absolute atomic E-state index is 0.445. The molecule has 1 heterocycles. The Morgan fingerprint density at radius 3 is 2.62 bits per heavy atom. The molecule has 0 aromatic heterocycles. The standard InChI is InChI=1S/C11H13N3OS/c1-11(12-8-13-14-11)16-7-9-3-5-10(15-2)6-4-9/h3-6,8H,7H2,1-2H3. The van der Waals surface area contributed by atoms with E-state index in [-0.39, 0.29) is 0 Å². The lowest BCUT2D eigenvalue weighted by Crippen LogP contribution is -2.09. The van der Waals surface area contributed by atoms with E-state index in [0.29, 0.717) is 0 Å².